The van der Waals surface area contributed by atoms with E-state index < -0.39 is 23.0 Å². The van der Waals surface area contributed by atoms with Crippen LogP contribution in [0.1, 0.15) is 13.8 Å². The minimum Gasteiger partial charge on any atom is -0.338 e. The van der Waals surface area contributed by atoms with Crippen molar-refractivity contribution < 1.29 is 14.0 Å². The van der Waals surface area contributed by atoms with Gasteiger partial charge in [-0.05, 0) is 50.2 Å². The van der Waals surface area contributed by atoms with Crippen LogP contribution in [0.4, 0.5) is 9.18 Å². The Kier molecular flexibility index (Phi) is 6.28. The highest BCUT2D eigenvalue weighted by Gasteiger charge is 2.21. The van der Waals surface area contributed by atoms with Crippen molar-refractivity contribution in [1.29, 1.82) is 0 Å². The zero-order valence-electron chi connectivity index (χ0n) is 15.8. The molecule has 0 bridgehead atoms. The third kappa shape index (κ3) is 4.62. The van der Waals surface area contributed by atoms with E-state index >= 15 is 0 Å². The highest BCUT2D eigenvalue weighted by atomic mass is 32.2. The molecule has 0 aliphatic carbocycles. The number of nitrogens with zero attached hydrogens (tertiary/aromatic N) is 2. The molecule has 0 saturated heterocycles. The van der Waals surface area contributed by atoms with Crippen molar-refractivity contribution in [2.45, 2.75) is 24.3 Å². The fourth-order valence-electron chi connectivity index (χ4n) is 2.64. The molecule has 0 radical (unpaired) electrons. The summed E-state index contributed by atoms with van der Waals surface area (Å²) in [6.07, 6.45) is 0. The van der Waals surface area contributed by atoms with Crippen LogP contribution in [-0.4, -0.2) is 33.3 Å². The number of nitrogens with one attached hydrogen (secondary N) is 2. The van der Waals surface area contributed by atoms with Crippen molar-refractivity contribution in [3.8, 4) is 5.69 Å². The molecule has 2 N–H and O–H groups in total. The fraction of sp³-hybridized carbons (Fsp3) is 0.200. The summed E-state index contributed by atoms with van der Waals surface area (Å²) in [4.78, 5) is 41.5. The van der Waals surface area contributed by atoms with Crippen LogP contribution in [0.2, 0.25) is 0 Å². The number of halogens is 1. The van der Waals surface area contributed by atoms with Crippen molar-refractivity contribution in [2.75, 3.05) is 6.54 Å². The Bertz CT molecular complexity index is 1110. The van der Waals surface area contributed by atoms with Crippen LogP contribution < -0.4 is 16.2 Å². The van der Waals surface area contributed by atoms with Gasteiger partial charge in [0.2, 0.25) is 5.91 Å². The van der Waals surface area contributed by atoms with E-state index in [1.807, 2.05) is 0 Å². The monoisotopic (exact) mass is 414 g/mol. The molecule has 7 nitrogen and oxygen atoms in total. The van der Waals surface area contributed by atoms with E-state index in [2.05, 4.69) is 15.6 Å². The van der Waals surface area contributed by atoms with Crippen LogP contribution in [-0.2, 0) is 4.79 Å². The van der Waals surface area contributed by atoms with Gasteiger partial charge in [0.05, 0.1) is 21.8 Å². The van der Waals surface area contributed by atoms with E-state index in [1.165, 1.54) is 28.8 Å². The number of thioether (sulfide) groups is 1. The number of benzene rings is 2. The molecular formula is C20H19FN4O3S. The molecule has 150 valence electrons. The highest BCUT2D eigenvalue weighted by molar-refractivity contribution is 8.00. The van der Waals surface area contributed by atoms with Crippen LogP contribution in [0.3, 0.4) is 0 Å². The molecule has 0 unspecified atom stereocenters. The van der Waals surface area contributed by atoms with Crippen LogP contribution >= 0.6 is 11.8 Å². The number of imide groups is 1. The Morgan fingerprint density at radius 2 is 1.86 bits per heavy atom. The smallest absolute Gasteiger partial charge is 0.321 e. The van der Waals surface area contributed by atoms with Crippen LogP contribution in [0, 0.1) is 5.82 Å². The van der Waals surface area contributed by atoms with E-state index in [-0.39, 0.29) is 10.7 Å². The molecule has 2 aromatic carbocycles. The number of carbonyl (C=O) groups is 2. The van der Waals surface area contributed by atoms with Gasteiger partial charge in [-0.15, -0.1) is 0 Å². The molecule has 1 atom stereocenters. The second-order valence-corrected chi connectivity index (χ2v) is 7.45. The fourth-order valence-corrected chi connectivity index (χ4v) is 3.57. The van der Waals surface area contributed by atoms with Crippen molar-refractivity contribution in [2.24, 2.45) is 0 Å². The second kappa shape index (κ2) is 8.87. The number of urea groups is 1. The summed E-state index contributed by atoms with van der Waals surface area (Å²) in [5.74, 6) is -0.951. The van der Waals surface area contributed by atoms with E-state index in [4.69, 9.17) is 0 Å². The second-order valence-electron chi connectivity index (χ2n) is 6.14. The lowest BCUT2D eigenvalue weighted by atomic mass is 10.2. The number of fused-ring (bicyclic) bond motifs is 1. The lowest BCUT2D eigenvalue weighted by molar-refractivity contribution is -0.119. The topological polar surface area (TPSA) is 93.1 Å². The van der Waals surface area contributed by atoms with E-state index in [0.717, 1.165) is 11.8 Å². The van der Waals surface area contributed by atoms with Gasteiger partial charge < -0.3 is 5.32 Å². The summed E-state index contributed by atoms with van der Waals surface area (Å²) in [6, 6.07) is 11.7. The molecule has 0 spiro atoms. The number of hydrogen-bond acceptors (Lipinski definition) is 5. The molecular weight excluding hydrogens is 395 g/mol. The molecule has 0 fully saturated rings. The van der Waals surface area contributed by atoms with Gasteiger partial charge in [-0.3, -0.25) is 19.5 Å². The Morgan fingerprint density at radius 1 is 1.17 bits per heavy atom. The van der Waals surface area contributed by atoms with Crippen molar-refractivity contribution in [3.05, 3.63) is 64.7 Å². The van der Waals surface area contributed by atoms with Gasteiger partial charge in [0.15, 0.2) is 5.16 Å². The molecule has 0 aliphatic heterocycles. The molecule has 1 heterocycles. The van der Waals surface area contributed by atoms with Gasteiger partial charge in [-0.1, -0.05) is 23.9 Å². The van der Waals surface area contributed by atoms with Crippen molar-refractivity contribution in [3.63, 3.8) is 0 Å². The number of carbonyl (C=O) groups excluding carboxylic acids is 2. The van der Waals surface area contributed by atoms with E-state index in [9.17, 15) is 18.8 Å². The van der Waals surface area contributed by atoms with Gasteiger partial charge in [-0.2, -0.15) is 0 Å². The first-order valence-electron chi connectivity index (χ1n) is 8.93. The lowest BCUT2D eigenvalue weighted by Gasteiger charge is -2.16. The van der Waals surface area contributed by atoms with Gasteiger partial charge in [-0.25, -0.2) is 14.2 Å². The summed E-state index contributed by atoms with van der Waals surface area (Å²) in [5, 5.41) is 4.68. The summed E-state index contributed by atoms with van der Waals surface area (Å²) in [7, 11) is 0. The molecule has 0 aliphatic rings. The highest BCUT2D eigenvalue weighted by Crippen LogP contribution is 2.25. The zero-order valence-corrected chi connectivity index (χ0v) is 16.6. The molecule has 1 aromatic heterocycles. The average molecular weight is 414 g/mol. The van der Waals surface area contributed by atoms with Crippen molar-refractivity contribution >= 4 is 34.6 Å². The SMILES string of the molecule is CCNC(=O)NC(=O)[C@@H](C)Sc1nc2ccccc2c(=O)n1-c1ccc(F)cc1. The number of rotatable bonds is 5. The molecule has 3 amide bonds. The standard InChI is InChI=1S/C20H19FN4O3S/c1-3-22-19(28)24-17(26)12(2)29-20-23-16-7-5-4-6-15(16)18(27)25(20)14-10-8-13(21)9-11-14/h4-12H,3H2,1-2H3,(H2,22,24,26,28)/t12-/m1/s1. The van der Waals surface area contributed by atoms with E-state index in [0.29, 0.717) is 23.1 Å². The predicted molar refractivity (Wildman–Crippen MR) is 110 cm³/mol. The Balaban J connectivity index is 2.03. The number of hydrogen-bond donors (Lipinski definition) is 2. The third-order valence-corrected chi connectivity index (χ3v) is 5.11. The van der Waals surface area contributed by atoms with Gasteiger partial charge in [0, 0.05) is 6.54 Å². The van der Waals surface area contributed by atoms with E-state index in [1.54, 1.807) is 38.1 Å². The first-order valence-corrected chi connectivity index (χ1v) is 9.81. The summed E-state index contributed by atoms with van der Waals surface area (Å²) in [5.41, 5.74) is 0.573. The largest absolute Gasteiger partial charge is 0.338 e. The van der Waals surface area contributed by atoms with Crippen molar-refractivity contribution in [1.82, 2.24) is 20.2 Å². The summed E-state index contributed by atoms with van der Waals surface area (Å²) < 4.78 is 14.7. The van der Waals surface area contributed by atoms with Crippen LogP contribution in [0.25, 0.3) is 16.6 Å². The maximum absolute atomic E-state index is 13.4. The molecule has 0 saturated carbocycles. The average Bonchev–Trinajstić information content (AvgIpc) is 2.69. The number of para-hydroxylation sites is 1. The van der Waals surface area contributed by atoms with Crippen LogP contribution in [0.15, 0.2) is 58.5 Å². The number of aromatic nitrogens is 2. The quantitative estimate of drug-likeness (QED) is 0.495. The zero-order chi connectivity index (χ0) is 21.0. The lowest BCUT2D eigenvalue weighted by Crippen LogP contribution is -2.42. The minimum atomic E-state index is -0.711. The van der Waals surface area contributed by atoms with Gasteiger partial charge >= 0.3 is 6.03 Å². The maximum atomic E-state index is 13.4. The predicted octanol–water partition coefficient (Wildman–Crippen LogP) is 2.85. The maximum Gasteiger partial charge on any atom is 0.321 e. The summed E-state index contributed by atoms with van der Waals surface area (Å²) in [6.45, 7) is 3.73. The third-order valence-electron chi connectivity index (χ3n) is 4.06. The molecule has 9 heteroatoms. The van der Waals surface area contributed by atoms with Crippen LogP contribution in [0.5, 0.6) is 0 Å². The Hall–Kier alpha value is -3.20. The van der Waals surface area contributed by atoms with Gasteiger partial charge in [0.25, 0.3) is 5.56 Å². The molecule has 3 rings (SSSR count). The first-order chi connectivity index (χ1) is 13.9. The summed E-state index contributed by atoms with van der Waals surface area (Å²) >= 11 is 1.03. The normalized spacial score (nSPS) is 11.8. The molecule has 29 heavy (non-hydrogen) atoms. The Morgan fingerprint density at radius 3 is 2.55 bits per heavy atom. The molecule has 3 aromatic rings. The van der Waals surface area contributed by atoms with Gasteiger partial charge in [0.1, 0.15) is 5.82 Å². The first kappa shape index (κ1) is 20.5. The minimum absolute atomic E-state index is 0.263. The number of amides is 3. The Labute approximate surface area is 170 Å².